The van der Waals surface area contributed by atoms with E-state index in [1.165, 1.54) is 11.3 Å². The number of carboxylic acid groups (broad SMARTS) is 1. The Bertz CT molecular complexity index is 702. The van der Waals surface area contributed by atoms with Crippen molar-refractivity contribution in [2.75, 3.05) is 6.54 Å². The van der Waals surface area contributed by atoms with Crippen LogP contribution in [-0.4, -0.2) is 34.8 Å². The van der Waals surface area contributed by atoms with E-state index in [9.17, 15) is 14.7 Å². The van der Waals surface area contributed by atoms with Gasteiger partial charge in [-0.1, -0.05) is 30.3 Å². The van der Waals surface area contributed by atoms with Gasteiger partial charge in [-0.05, 0) is 47.7 Å². The lowest BCUT2D eigenvalue weighted by molar-refractivity contribution is -0.137. The van der Waals surface area contributed by atoms with Gasteiger partial charge in [-0.15, -0.1) is 0 Å². The molecule has 140 valence electrons. The van der Waals surface area contributed by atoms with Crippen LogP contribution in [0.4, 0.5) is 4.79 Å². The molecule has 0 aliphatic carbocycles. The summed E-state index contributed by atoms with van der Waals surface area (Å²) in [6.45, 7) is 1.70. The van der Waals surface area contributed by atoms with Crippen molar-refractivity contribution in [1.29, 1.82) is 0 Å². The van der Waals surface area contributed by atoms with E-state index in [0.29, 0.717) is 12.8 Å². The molecule has 0 aliphatic rings. The predicted molar refractivity (Wildman–Crippen MR) is 101 cm³/mol. The largest absolute Gasteiger partial charge is 0.481 e. The van der Waals surface area contributed by atoms with Crippen molar-refractivity contribution in [3.05, 3.63) is 58.3 Å². The number of nitrogens with one attached hydrogen (secondary N) is 2. The van der Waals surface area contributed by atoms with Crippen molar-refractivity contribution >= 4 is 23.3 Å². The van der Waals surface area contributed by atoms with Gasteiger partial charge < -0.3 is 20.8 Å². The predicted octanol–water partition coefficient (Wildman–Crippen LogP) is 2.73. The van der Waals surface area contributed by atoms with Gasteiger partial charge in [0.1, 0.15) is 5.60 Å². The minimum Gasteiger partial charge on any atom is -0.481 e. The number of hydrogen-bond acceptors (Lipinski definition) is 4. The quantitative estimate of drug-likeness (QED) is 0.541. The number of carbonyl (C=O) groups excluding carboxylic acids is 1. The molecule has 2 rings (SSSR count). The maximum atomic E-state index is 12.2. The number of benzene rings is 1. The van der Waals surface area contributed by atoms with Crippen LogP contribution in [-0.2, 0) is 16.8 Å². The molecule has 1 heterocycles. The van der Waals surface area contributed by atoms with Gasteiger partial charge in [0.15, 0.2) is 0 Å². The van der Waals surface area contributed by atoms with Crippen molar-refractivity contribution in [3.8, 4) is 0 Å². The molecule has 4 N–H and O–H groups in total. The van der Waals surface area contributed by atoms with E-state index in [1.54, 1.807) is 6.92 Å². The number of hydrogen-bond donors (Lipinski definition) is 4. The first-order valence-electron chi connectivity index (χ1n) is 8.42. The fourth-order valence-corrected chi connectivity index (χ4v) is 3.37. The average molecular weight is 376 g/mol. The highest BCUT2D eigenvalue weighted by atomic mass is 32.1. The Morgan fingerprint density at radius 3 is 2.58 bits per heavy atom. The van der Waals surface area contributed by atoms with Crippen molar-refractivity contribution in [3.63, 3.8) is 0 Å². The molecule has 2 unspecified atom stereocenters. The zero-order chi connectivity index (χ0) is 19.0. The number of aliphatic hydroxyl groups is 1. The third-order valence-corrected chi connectivity index (χ3v) is 4.79. The normalized spacial score (nSPS) is 14.2. The molecule has 0 saturated heterocycles. The summed E-state index contributed by atoms with van der Waals surface area (Å²) in [6, 6.07) is 10.7. The van der Waals surface area contributed by atoms with Crippen LogP contribution in [0.25, 0.3) is 0 Å². The highest BCUT2D eigenvalue weighted by Crippen LogP contribution is 2.21. The van der Waals surface area contributed by atoms with Crippen LogP contribution in [0, 0.1) is 0 Å². The van der Waals surface area contributed by atoms with E-state index in [-0.39, 0.29) is 19.0 Å². The summed E-state index contributed by atoms with van der Waals surface area (Å²) in [5.74, 6) is -0.898. The standard InChI is InChI=1S/C19H24N2O4S/c1-19(25,15-9-10-26-12-15)13-20-18(24)21-16(7-8-17(22)23)11-14-5-3-2-4-6-14/h2-6,9-10,12,16,25H,7-8,11,13H2,1H3,(H,22,23)(H2,20,21,24). The van der Waals surface area contributed by atoms with Crippen molar-refractivity contribution in [1.82, 2.24) is 10.6 Å². The number of carbonyl (C=O) groups is 2. The number of thiophene rings is 1. The van der Waals surface area contributed by atoms with Crippen LogP contribution in [0.1, 0.15) is 30.9 Å². The number of amides is 2. The van der Waals surface area contributed by atoms with E-state index in [1.807, 2.05) is 47.2 Å². The molecule has 0 spiro atoms. The monoisotopic (exact) mass is 376 g/mol. The Kier molecular flexibility index (Phi) is 7.17. The van der Waals surface area contributed by atoms with Gasteiger partial charge >= 0.3 is 12.0 Å². The van der Waals surface area contributed by atoms with E-state index in [4.69, 9.17) is 5.11 Å². The molecule has 2 aromatic rings. The minimum atomic E-state index is -1.16. The first-order chi connectivity index (χ1) is 12.4. The minimum absolute atomic E-state index is 0.0234. The van der Waals surface area contributed by atoms with Crippen LogP contribution in [0.2, 0.25) is 0 Å². The smallest absolute Gasteiger partial charge is 0.315 e. The number of urea groups is 1. The topological polar surface area (TPSA) is 98.7 Å². The maximum Gasteiger partial charge on any atom is 0.315 e. The highest BCUT2D eigenvalue weighted by Gasteiger charge is 2.24. The molecular formula is C19H24N2O4S. The van der Waals surface area contributed by atoms with Gasteiger partial charge in [-0.3, -0.25) is 4.79 Å². The van der Waals surface area contributed by atoms with E-state index < -0.39 is 17.6 Å². The van der Waals surface area contributed by atoms with E-state index in [0.717, 1.165) is 11.1 Å². The Morgan fingerprint density at radius 2 is 1.96 bits per heavy atom. The van der Waals surface area contributed by atoms with Gasteiger partial charge in [0.05, 0.1) is 6.54 Å². The summed E-state index contributed by atoms with van der Waals surface area (Å²) in [4.78, 5) is 23.1. The first-order valence-corrected chi connectivity index (χ1v) is 9.36. The molecule has 1 aromatic heterocycles. The second-order valence-electron chi connectivity index (χ2n) is 6.43. The third-order valence-electron chi connectivity index (χ3n) is 4.10. The molecule has 0 radical (unpaired) electrons. The number of aliphatic carboxylic acids is 1. The summed E-state index contributed by atoms with van der Waals surface area (Å²) >= 11 is 1.48. The van der Waals surface area contributed by atoms with Gasteiger partial charge in [0.25, 0.3) is 0 Å². The molecule has 2 amide bonds. The molecular weight excluding hydrogens is 352 g/mol. The molecule has 6 nitrogen and oxygen atoms in total. The molecule has 0 aliphatic heterocycles. The van der Waals surface area contributed by atoms with Crippen LogP contribution in [0.15, 0.2) is 47.2 Å². The Morgan fingerprint density at radius 1 is 1.23 bits per heavy atom. The van der Waals surface area contributed by atoms with E-state index in [2.05, 4.69) is 10.6 Å². The van der Waals surface area contributed by atoms with Crippen molar-refractivity contribution in [2.45, 2.75) is 37.8 Å². The Balaban J connectivity index is 1.91. The van der Waals surface area contributed by atoms with E-state index >= 15 is 0 Å². The van der Waals surface area contributed by atoms with Crippen molar-refractivity contribution in [2.24, 2.45) is 0 Å². The summed E-state index contributed by atoms with van der Waals surface area (Å²) < 4.78 is 0. The molecule has 1 aromatic carbocycles. The molecule has 0 fully saturated rings. The Labute approximate surface area is 156 Å². The zero-order valence-corrected chi connectivity index (χ0v) is 15.5. The van der Waals surface area contributed by atoms with Crippen molar-refractivity contribution < 1.29 is 19.8 Å². The summed E-state index contributed by atoms with van der Waals surface area (Å²) in [5.41, 5.74) is 0.607. The Hall–Kier alpha value is -2.38. The number of carboxylic acids is 1. The third kappa shape index (κ3) is 6.50. The molecule has 0 bridgehead atoms. The van der Waals surface area contributed by atoms with Crippen LogP contribution >= 0.6 is 11.3 Å². The summed E-state index contributed by atoms with van der Waals surface area (Å²) in [6.07, 6.45) is 0.853. The van der Waals surface area contributed by atoms with Crippen LogP contribution in [0.5, 0.6) is 0 Å². The molecule has 7 heteroatoms. The molecule has 2 atom stereocenters. The zero-order valence-electron chi connectivity index (χ0n) is 14.6. The molecule has 0 saturated carbocycles. The lowest BCUT2D eigenvalue weighted by Crippen LogP contribution is -2.47. The summed E-state index contributed by atoms with van der Waals surface area (Å²) in [5, 5.41) is 28.6. The second kappa shape index (κ2) is 9.35. The van der Waals surface area contributed by atoms with Gasteiger partial charge in [-0.2, -0.15) is 11.3 Å². The highest BCUT2D eigenvalue weighted by molar-refractivity contribution is 7.08. The van der Waals surface area contributed by atoms with Gasteiger partial charge in [-0.25, -0.2) is 4.79 Å². The van der Waals surface area contributed by atoms with Gasteiger partial charge in [0, 0.05) is 12.5 Å². The van der Waals surface area contributed by atoms with Crippen LogP contribution < -0.4 is 10.6 Å². The lowest BCUT2D eigenvalue weighted by atomic mass is 9.99. The fraction of sp³-hybridized carbons (Fsp3) is 0.368. The van der Waals surface area contributed by atoms with Crippen LogP contribution in [0.3, 0.4) is 0 Å². The maximum absolute atomic E-state index is 12.2. The first kappa shape index (κ1) is 19.9. The average Bonchev–Trinajstić information content (AvgIpc) is 3.14. The molecule has 26 heavy (non-hydrogen) atoms. The lowest BCUT2D eigenvalue weighted by Gasteiger charge is -2.24. The number of rotatable bonds is 9. The summed E-state index contributed by atoms with van der Waals surface area (Å²) in [7, 11) is 0. The van der Waals surface area contributed by atoms with Gasteiger partial charge in [0.2, 0.25) is 0 Å². The second-order valence-corrected chi connectivity index (χ2v) is 7.21. The fourth-order valence-electron chi connectivity index (χ4n) is 2.58. The SMILES string of the molecule is CC(O)(CNC(=O)NC(CCC(=O)O)Cc1ccccc1)c1ccsc1.